The summed E-state index contributed by atoms with van der Waals surface area (Å²) < 4.78 is 14.1. The molecule has 18 heavy (non-hydrogen) atoms. The summed E-state index contributed by atoms with van der Waals surface area (Å²) in [6.45, 7) is 7.89. The molecule has 3 nitrogen and oxygen atoms in total. The minimum absolute atomic E-state index is 0.188. The van der Waals surface area contributed by atoms with Gasteiger partial charge in [-0.15, -0.1) is 11.6 Å². The monoisotopic (exact) mass is 271 g/mol. The second-order valence-corrected chi connectivity index (χ2v) is 5.13. The highest BCUT2D eigenvalue weighted by Crippen LogP contribution is 2.22. The minimum Gasteiger partial charge on any atom is -0.352 e. The van der Waals surface area contributed by atoms with E-state index in [1.807, 2.05) is 4.90 Å². The van der Waals surface area contributed by atoms with E-state index >= 15 is 0 Å². The van der Waals surface area contributed by atoms with Crippen molar-refractivity contribution in [1.82, 2.24) is 9.88 Å². The molecular formula is C13H19ClFN3. The van der Waals surface area contributed by atoms with Crippen LogP contribution in [0.1, 0.15) is 19.4 Å². The lowest BCUT2D eigenvalue weighted by atomic mass is 10.2. The number of hydrogen-bond donors (Lipinski definition) is 0. The third-order valence-corrected chi connectivity index (χ3v) is 3.73. The van der Waals surface area contributed by atoms with Gasteiger partial charge in [-0.2, -0.15) is 0 Å². The van der Waals surface area contributed by atoms with Crippen LogP contribution in [0.15, 0.2) is 12.3 Å². The van der Waals surface area contributed by atoms with Crippen molar-refractivity contribution >= 4 is 17.4 Å². The number of alkyl halides is 1. The molecule has 0 atom stereocenters. The number of hydrogen-bond acceptors (Lipinski definition) is 3. The number of rotatable bonds is 3. The molecule has 100 valence electrons. The van der Waals surface area contributed by atoms with Gasteiger partial charge in [0.2, 0.25) is 0 Å². The first-order chi connectivity index (χ1) is 8.63. The first kappa shape index (κ1) is 13.6. The molecule has 0 amide bonds. The molecule has 1 aliphatic rings. The first-order valence-electron chi connectivity index (χ1n) is 6.32. The highest BCUT2D eigenvalue weighted by Gasteiger charge is 2.22. The lowest BCUT2D eigenvalue weighted by Crippen LogP contribution is -2.49. The van der Waals surface area contributed by atoms with Gasteiger partial charge >= 0.3 is 0 Å². The standard InChI is InChI=1S/C13H19ClFN3/c1-10(2)17-5-7-18(8-6-17)13-12(15)11(9-14)3-4-16-13/h3-4,10H,5-9H2,1-2H3. The summed E-state index contributed by atoms with van der Waals surface area (Å²) >= 11 is 5.71. The van der Waals surface area contributed by atoms with E-state index < -0.39 is 0 Å². The first-order valence-corrected chi connectivity index (χ1v) is 6.85. The van der Waals surface area contributed by atoms with Crippen molar-refractivity contribution in [3.05, 3.63) is 23.6 Å². The third kappa shape index (κ3) is 2.75. The Balaban J connectivity index is 2.10. The highest BCUT2D eigenvalue weighted by molar-refractivity contribution is 6.17. The van der Waals surface area contributed by atoms with Gasteiger partial charge in [0.25, 0.3) is 0 Å². The molecule has 0 aliphatic carbocycles. The molecule has 1 aromatic heterocycles. The molecule has 0 radical (unpaired) electrons. The van der Waals surface area contributed by atoms with Crippen LogP contribution < -0.4 is 4.90 Å². The molecule has 0 N–H and O–H groups in total. The van der Waals surface area contributed by atoms with E-state index in [1.165, 1.54) is 0 Å². The van der Waals surface area contributed by atoms with E-state index in [-0.39, 0.29) is 11.7 Å². The van der Waals surface area contributed by atoms with Crippen LogP contribution in [0.4, 0.5) is 10.2 Å². The smallest absolute Gasteiger partial charge is 0.170 e. The van der Waals surface area contributed by atoms with Crippen LogP contribution in [0.25, 0.3) is 0 Å². The largest absolute Gasteiger partial charge is 0.352 e. The fourth-order valence-corrected chi connectivity index (χ4v) is 2.45. The van der Waals surface area contributed by atoms with E-state index in [4.69, 9.17) is 11.6 Å². The van der Waals surface area contributed by atoms with E-state index in [0.29, 0.717) is 17.4 Å². The van der Waals surface area contributed by atoms with Crippen LogP contribution >= 0.6 is 11.6 Å². The summed E-state index contributed by atoms with van der Waals surface area (Å²) in [7, 11) is 0. The lowest BCUT2D eigenvalue weighted by molar-refractivity contribution is 0.208. The molecule has 0 aromatic carbocycles. The average molecular weight is 272 g/mol. The summed E-state index contributed by atoms with van der Waals surface area (Å²) in [5.41, 5.74) is 0.521. The minimum atomic E-state index is -0.273. The zero-order valence-electron chi connectivity index (χ0n) is 10.9. The number of aromatic nitrogens is 1. The van der Waals surface area contributed by atoms with Gasteiger partial charge in [-0.3, -0.25) is 4.90 Å². The quantitative estimate of drug-likeness (QED) is 0.788. The number of nitrogens with zero attached hydrogens (tertiary/aromatic N) is 3. The van der Waals surface area contributed by atoms with Crippen LogP contribution in [0.2, 0.25) is 0 Å². The zero-order valence-corrected chi connectivity index (χ0v) is 11.6. The van der Waals surface area contributed by atoms with Crippen LogP contribution in [-0.2, 0) is 5.88 Å². The number of piperazine rings is 1. The number of anilines is 1. The SMILES string of the molecule is CC(C)N1CCN(c2nccc(CCl)c2F)CC1. The van der Waals surface area contributed by atoms with Gasteiger partial charge in [0, 0.05) is 44.0 Å². The third-order valence-electron chi connectivity index (χ3n) is 3.44. The molecule has 0 unspecified atom stereocenters. The van der Waals surface area contributed by atoms with Crippen molar-refractivity contribution in [3.63, 3.8) is 0 Å². The van der Waals surface area contributed by atoms with Crippen molar-refractivity contribution in [3.8, 4) is 0 Å². The van der Waals surface area contributed by atoms with Gasteiger partial charge in [-0.25, -0.2) is 9.37 Å². The Kier molecular flexibility index (Phi) is 4.40. The maximum absolute atomic E-state index is 14.1. The Morgan fingerprint density at radius 2 is 2.00 bits per heavy atom. The van der Waals surface area contributed by atoms with E-state index in [2.05, 4.69) is 23.7 Å². The fourth-order valence-electron chi connectivity index (χ4n) is 2.25. The fraction of sp³-hybridized carbons (Fsp3) is 0.615. The molecule has 1 saturated heterocycles. The predicted molar refractivity (Wildman–Crippen MR) is 72.7 cm³/mol. The van der Waals surface area contributed by atoms with E-state index in [1.54, 1.807) is 12.3 Å². The van der Waals surface area contributed by atoms with Crippen molar-refractivity contribution in [2.24, 2.45) is 0 Å². The highest BCUT2D eigenvalue weighted by atomic mass is 35.5. The van der Waals surface area contributed by atoms with Crippen molar-refractivity contribution < 1.29 is 4.39 Å². The molecule has 1 aromatic rings. The Hall–Kier alpha value is -0.870. The molecule has 5 heteroatoms. The molecule has 0 bridgehead atoms. The average Bonchev–Trinajstić information content (AvgIpc) is 2.39. The number of pyridine rings is 1. The van der Waals surface area contributed by atoms with Gasteiger partial charge in [0.05, 0.1) is 5.88 Å². The van der Waals surface area contributed by atoms with E-state index in [9.17, 15) is 4.39 Å². The Morgan fingerprint density at radius 3 is 2.56 bits per heavy atom. The van der Waals surface area contributed by atoms with Crippen molar-refractivity contribution in [2.45, 2.75) is 25.8 Å². The summed E-state index contributed by atoms with van der Waals surface area (Å²) in [5, 5.41) is 0. The van der Waals surface area contributed by atoms with Crippen molar-refractivity contribution in [1.29, 1.82) is 0 Å². The number of halogens is 2. The maximum atomic E-state index is 14.1. The molecule has 0 spiro atoms. The Bertz CT molecular complexity index is 403. The Labute approximate surface area is 113 Å². The topological polar surface area (TPSA) is 19.4 Å². The zero-order chi connectivity index (χ0) is 13.1. The van der Waals surface area contributed by atoms with Gasteiger partial charge in [0.15, 0.2) is 11.6 Å². The summed E-state index contributed by atoms with van der Waals surface area (Å²) in [6.07, 6.45) is 1.63. The summed E-state index contributed by atoms with van der Waals surface area (Å²) in [6, 6.07) is 2.18. The van der Waals surface area contributed by atoms with E-state index in [0.717, 1.165) is 26.2 Å². The van der Waals surface area contributed by atoms with Gasteiger partial charge in [-0.1, -0.05) is 0 Å². The molecule has 0 saturated carbocycles. The molecule has 2 rings (SSSR count). The van der Waals surface area contributed by atoms with Crippen LogP contribution in [0.5, 0.6) is 0 Å². The normalized spacial score (nSPS) is 17.5. The molecular weight excluding hydrogens is 253 g/mol. The van der Waals surface area contributed by atoms with Crippen LogP contribution in [-0.4, -0.2) is 42.1 Å². The van der Waals surface area contributed by atoms with Crippen molar-refractivity contribution in [2.75, 3.05) is 31.1 Å². The summed E-state index contributed by atoms with van der Waals surface area (Å²) in [4.78, 5) is 8.55. The van der Waals surface area contributed by atoms with Gasteiger partial charge < -0.3 is 4.90 Å². The molecule has 1 aliphatic heterocycles. The second-order valence-electron chi connectivity index (χ2n) is 4.86. The molecule has 1 fully saturated rings. The van der Waals surface area contributed by atoms with Crippen LogP contribution in [0, 0.1) is 5.82 Å². The predicted octanol–water partition coefficient (Wildman–Crippen LogP) is 2.49. The second kappa shape index (κ2) is 5.85. The lowest BCUT2D eigenvalue weighted by Gasteiger charge is -2.37. The summed E-state index contributed by atoms with van der Waals surface area (Å²) in [5.74, 6) is 0.356. The maximum Gasteiger partial charge on any atom is 0.170 e. The Morgan fingerprint density at radius 1 is 1.33 bits per heavy atom. The van der Waals surface area contributed by atoms with Gasteiger partial charge in [-0.05, 0) is 19.9 Å². The molecule has 2 heterocycles. The van der Waals surface area contributed by atoms with Gasteiger partial charge in [0.1, 0.15) is 0 Å². The van der Waals surface area contributed by atoms with Crippen LogP contribution in [0.3, 0.4) is 0 Å².